The smallest absolute Gasteiger partial charge is 0.00683 e. The summed E-state index contributed by atoms with van der Waals surface area (Å²) < 4.78 is 0. The summed E-state index contributed by atoms with van der Waals surface area (Å²) in [7, 11) is 0. The summed E-state index contributed by atoms with van der Waals surface area (Å²) in [6, 6.07) is 1.21. The molecule has 0 unspecified atom stereocenters. The van der Waals surface area contributed by atoms with Crippen LogP contribution in [0.1, 0.15) is 57.8 Å². The van der Waals surface area contributed by atoms with Crippen LogP contribution < -0.4 is 11.1 Å². The van der Waals surface area contributed by atoms with Crippen molar-refractivity contribution in [1.29, 1.82) is 0 Å². The van der Waals surface area contributed by atoms with E-state index in [-0.39, 0.29) is 0 Å². The molecule has 0 heterocycles. The maximum Gasteiger partial charge on any atom is 0.00683 e. The highest BCUT2D eigenvalue weighted by Gasteiger charge is 2.17. The molecule has 2 aliphatic carbocycles. The molecule has 0 atom stereocenters. The lowest BCUT2D eigenvalue weighted by atomic mass is 9.91. The second-order valence-corrected chi connectivity index (χ2v) is 5.42. The predicted octanol–water partition coefficient (Wildman–Crippen LogP) is 2.74. The van der Waals surface area contributed by atoms with Gasteiger partial charge < -0.3 is 11.1 Å². The first-order valence-corrected chi connectivity index (χ1v) is 7.01. The minimum Gasteiger partial charge on any atom is -0.328 e. The molecule has 0 aromatic carbocycles. The zero-order chi connectivity index (χ0) is 11.2. The molecule has 1 saturated carbocycles. The highest BCUT2D eigenvalue weighted by Crippen LogP contribution is 2.20. The minimum absolute atomic E-state index is 0.471. The van der Waals surface area contributed by atoms with Crippen molar-refractivity contribution in [2.24, 2.45) is 5.73 Å². The van der Waals surface area contributed by atoms with Gasteiger partial charge in [0.15, 0.2) is 0 Å². The van der Waals surface area contributed by atoms with Crippen LogP contribution in [0.4, 0.5) is 0 Å². The van der Waals surface area contributed by atoms with E-state index in [2.05, 4.69) is 11.4 Å². The lowest BCUT2D eigenvalue weighted by Crippen LogP contribution is -2.37. The Kier molecular flexibility index (Phi) is 4.86. The SMILES string of the molecule is NC1CCC(NCCC2=CCCCC2)CC1. The van der Waals surface area contributed by atoms with Crippen LogP contribution in [0.2, 0.25) is 0 Å². The van der Waals surface area contributed by atoms with Gasteiger partial charge in [0.1, 0.15) is 0 Å². The average Bonchev–Trinajstić information content (AvgIpc) is 2.33. The van der Waals surface area contributed by atoms with E-state index in [1.54, 1.807) is 5.57 Å². The Balaban J connectivity index is 1.59. The van der Waals surface area contributed by atoms with E-state index in [1.165, 1.54) is 64.3 Å². The van der Waals surface area contributed by atoms with Crippen LogP contribution in [0.3, 0.4) is 0 Å². The number of hydrogen-bond donors (Lipinski definition) is 2. The summed E-state index contributed by atoms with van der Waals surface area (Å²) in [6.45, 7) is 1.17. The molecule has 2 nitrogen and oxygen atoms in total. The molecule has 92 valence electrons. The van der Waals surface area contributed by atoms with Gasteiger partial charge in [0.25, 0.3) is 0 Å². The quantitative estimate of drug-likeness (QED) is 0.718. The van der Waals surface area contributed by atoms with Crippen LogP contribution in [0.25, 0.3) is 0 Å². The summed E-state index contributed by atoms with van der Waals surface area (Å²) in [5, 5.41) is 3.69. The summed E-state index contributed by atoms with van der Waals surface area (Å²) in [4.78, 5) is 0. The summed E-state index contributed by atoms with van der Waals surface area (Å²) in [5.74, 6) is 0. The fourth-order valence-corrected chi connectivity index (χ4v) is 2.89. The Morgan fingerprint density at radius 2 is 2.00 bits per heavy atom. The Morgan fingerprint density at radius 1 is 1.19 bits per heavy atom. The van der Waals surface area contributed by atoms with E-state index in [1.807, 2.05) is 0 Å². The van der Waals surface area contributed by atoms with Gasteiger partial charge in [-0.05, 0) is 64.3 Å². The maximum absolute atomic E-state index is 5.91. The Morgan fingerprint density at radius 3 is 2.69 bits per heavy atom. The Bertz CT molecular complexity index is 227. The minimum atomic E-state index is 0.471. The molecular weight excluding hydrogens is 196 g/mol. The number of nitrogens with two attached hydrogens (primary N) is 1. The number of allylic oxidation sites excluding steroid dienone is 1. The molecule has 0 radical (unpaired) electrons. The van der Waals surface area contributed by atoms with Gasteiger partial charge in [0, 0.05) is 12.1 Å². The lowest BCUT2D eigenvalue weighted by Gasteiger charge is -2.27. The van der Waals surface area contributed by atoms with Gasteiger partial charge in [0.2, 0.25) is 0 Å². The van der Waals surface area contributed by atoms with E-state index in [9.17, 15) is 0 Å². The zero-order valence-corrected chi connectivity index (χ0v) is 10.4. The molecule has 0 aromatic heterocycles. The molecule has 0 bridgehead atoms. The Labute approximate surface area is 99.7 Å². The molecule has 1 fully saturated rings. The van der Waals surface area contributed by atoms with E-state index >= 15 is 0 Å². The first-order valence-electron chi connectivity index (χ1n) is 7.01. The van der Waals surface area contributed by atoms with Gasteiger partial charge in [-0.1, -0.05) is 11.6 Å². The van der Waals surface area contributed by atoms with Gasteiger partial charge in [-0.2, -0.15) is 0 Å². The van der Waals surface area contributed by atoms with E-state index < -0.39 is 0 Å². The van der Waals surface area contributed by atoms with E-state index in [4.69, 9.17) is 5.73 Å². The lowest BCUT2D eigenvalue weighted by molar-refractivity contribution is 0.344. The highest BCUT2D eigenvalue weighted by molar-refractivity contribution is 5.05. The number of rotatable bonds is 4. The molecular formula is C14H26N2. The van der Waals surface area contributed by atoms with Crippen LogP contribution in [-0.4, -0.2) is 18.6 Å². The van der Waals surface area contributed by atoms with Gasteiger partial charge in [-0.15, -0.1) is 0 Å². The second-order valence-electron chi connectivity index (χ2n) is 5.42. The molecule has 0 aliphatic heterocycles. The molecule has 0 spiro atoms. The van der Waals surface area contributed by atoms with Gasteiger partial charge in [-0.25, -0.2) is 0 Å². The molecule has 0 aromatic rings. The van der Waals surface area contributed by atoms with Crippen molar-refractivity contribution in [2.75, 3.05) is 6.54 Å². The van der Waals surface area contributed by atoms with Crippen molar-refractivity contribution in [3.63, 3.8) is 0 Å². The first kappa shape index (κ1) is 12.1. The molecule has 2 rings (SSSR count). The average molecular weight is 222 g/mol. The first-order chi connectivity index (χ1) is 7.84. The van der Waals surface area contributed by atoms with Crippen molar-refractivity contribution < 1.29 is 0 Å². The van der Waals surface area contributed by atoms with Gasteiger partial charge in [0.05, 0.1) is 0 Å². The molecule has 2 heteroatoms. The van der Waals surface area contributed by atoms with Gasteiger partial charge in [-0.3, -0.25) is 0 Å². The van der Waals surface area contributed by atoms with Crippen LogP contribution in [0, 0.1) is 0 Å². The Hall–Kier alpha value is -0.340. The van der Waals surface area contributed by atoms with Crippen molar-refractivity contribution in [1.82, 2.24) is 5.32 Å². The molecule has 0 saturated heterocycles. The van der Waals surface area contributed by atoms with Crippen LogP contribution >= 0.6 is 0 Å². The highest BCUT2D eigenvalue weighted by atomic mass is 14.9. The zero-order valence-electron chi connectivity index (χ0n) is 10.4. The fraction of sp³-hybridized carbons (Fsp3) is 0.857. The number of nitrogens with one attached hydrogen (secondary N) is 1. The summed E-state index contributed by atoms with van der Waals surface area (Å²) >= 11 is 0. The van der Waals surface area contributed by atoms with Crippen molar-refractivity contribution in [3.05, 3.63) is 11.6 Å². The van der Waals surface area contributed by atoms with Crippen LogP contribution in [0.5, 0.6) is 0 Å². The van der Waals surface area contributed by atoms with Gasteiger partial charge >= 0.3 is 0 Å². The third kappa shape index (κ3) is 3.91. The third-order valence-electron chi connectivity index (χ3n) is 4.04. The normalized spacial score (nSPS) is 31.2. The maximum atomic E-state index is 5.91. The van der Waals surface area contributed by atoms with Crippen molar-refractivity contribution in [2.45, 2.75) is 69.9 Å². The predicted molar refractivity (Wildman–Crippen MR) is 69.4 cm³/mol. The molecule has 2 aliphatic rings. The molecule has 3 N–H and O–H groups in total. The van der Waals surface area contributed by atoms with Crippen LogP contribution in [-0.2, 0) is 0 Å². The second kappa shape index (κ2) is 6.41. The summed E-state index contributed by atoms with van der Waals surface area (Å²) in [6.07, 6.45) is 14.2. The molecule has 0 amide bonds. The van der Waals surface area contributed by atoms with Crippen LogP contribution in [0.15, 0.2) is 11.6 Å². The van der Waals surface area contributed by atoms with Crippen molar-refractivity contribution >= 4 is 0 Å². The van der Waals surface area contributed by atoms with E-state index in [0.717, 1.165) is 6.04 Å². The van der Waals surface area contributed by atoms with E-state index in [0.29, 0.717) is 6.04 Å². The van der Waals surface area contributed by atoms with Crippen molar-refractivity contribution in [3.8, 4) is 0 Å². The fourth-order valence-electron chi connectivity index (χ4n) is 2.89. The number of hydrogen-bond acceptors (Lipinski definition) is 2. The largest absolute Gasteiger partial charge is 0.328 e. The molecule has 16 heavy (non-hydrogen) atoms. The third-order valence-corrected chi connectivity index (χ3v) is 4.04. The monoisotopic (exact) mass is 222 g/mol. The topological polar surface area (TPSA) is 38.0 Å². The standard InChI is InChI=1S/C14H26N2/c15-13-6-8-14(9-7-13)16-11-10-12-4-2-1-3-5-12/h4,13-14,16H,1-3,5-11,15H2. The summed E-state index contributed by atoms with van der Waals surface area (Å²) in [5.41, 5.74) is 7.59.